The minimum absolute atomic E-state index is 0.209. The molecule has 0 radical (unpaired) electrons. The lowest BCUT2D eigenvalue weighted by atomic mass is 9.98. The second kappa shape index (κ2) is 10.3. The van der Waals surface area contributed by atoms with Crippen LogP contribution in [0.15, 0.2) is 84.3 Å². The van der Waals surface area contributed by atoms with Gasteiger partial charge in [-0.2, -0.15) is 5.26 Å². The fraction of sp³-hybridized carbons (Fsp3) is 0.115. The highest BCUT2D eigenvalue weighted by atomic mass is 35.5. The van der Waals surface area contributed by atoms with Crippen molar-refractivity contribution in [1.82, 2.24) is 24.1 Å². The summed E-state index contributed by atoms with van der Waals surface area (Å²) in [5.41, 5.74) is 9.86. The van der Waals surface area contributed by atoms with Crippen LogP contribution < -0.4 is 11.3 Å². The third-order valence-corrected chi connectivity index (χ3v) is 5.71. The Kier molecular flexibility index (Phi) is 7.01. The lowest BCUT2D eigenvalue weighted by molar-refractivity contribution is 0.854. The van der Waals surface area contributed by atoms with E-state index < -0.39 is 6.04 Å². The number of halogens is 1. The maximum Gasteiger partial charge on any atom is 0.252 e. The smallest absolute Gasteiger partial charge is 0.252 e. The number of pyridine rings is 3. The first-order valence-electron chi connectivity index (χ1n) is 10.7. The Morgan fingerprint density at radius 2 is 1.86 bits per heavy atom. The molecular formula is C26H22ClN7O. The maximum atomic E-state index is 12.4. The summed E-state index contributed by atoms with van der Waals surface area (Å²) in [7, 11) is 3.60. The Hall–Kier alpha value is -4.32. The number of fused-ring (bicyclic) bond motifs is 1. The Balaban J connectivity index is 0.000000421. The highest BCUT2D eigenvalue weighted by Gasteiger charge is 2.15. The second-order valence-electron chi connectivity index (χ2n) is 7.87. The molecule has 9 heteroatoms. The van der Waals surface area contributed by atoms with Crippen LogP contribution in [0.5, 0.6) is 0 Å². The van der Waals surface area contributed by atoms with Crippen LogP contribution in [0, 0.1) is 11.3 Å². The molecule has 0 aliphatic carbocycles. The SMILES string of the molecule is Cn1c(=O)cc(-c2cccc(C#N)n2)c2cc(C(N)c3ccc(Cl)cc3)cnc21.Cn1ccnc1. The van der Waals surface area contributed by atoms with Crippen molar-refractivity contribution in [2.24, 2.45) is 19.8 Å². The van der Waals surface area contributed by atoms with Crippen LogP contribution in [0.4, 0.5) is 0 Å². The van der Waals surface area contributed by atoms with E-state index in [0.717, 1.165) is 16.5 Å². The van der Waals surface area contributed by atoms with Gasteiger partial charge >= 0.3 is 0 Å². The summed E-state index contributed by atoms with van der Waals surface area (Å²) in [6.45, 7) is 0. The van der Waals surface area contributed by atoms with Gasteiger partial charge in [-0.15, -0.1) is 0 Å². The van der Waals surface area contributed by atoms with Crippen molar-refractivity contribution in [1.29, 1.82) is 5.26 Å². The molecule has 0 aliphatic rings. The summed E-state index contributed by atoms with van der Waals surface area (Å²) in [5, 5.41) is 10.5. The predicted octanol–water partition coefficient (Wildman–Crippen LogP) is 3.99. The predicted molar refractivity (Wildman–Crippen MR) is 136 cm³/mol. The molecular weight excluding hydrogens is 462 g/mol. The van der Waals surface area contributed by atoms with Crippen molar-refractivity contribution < 1.29 is 0 Å². The van der Waals surface area contributed by atoms with Crippen molar-refractivity contribution in [3.05, 3.63) is 112 Å². The van der Waals surface area contributed by atoms with E-state index in [2.05, 4.69) is 15.0 Å². The van der Waals surface area contributed by atoms with E-state index in [0.29, 0.717) is 21.9 Å². The van der Waals surface area contributed by atoms with Gasteiger partial charge in [0.05, 0.1) is 18.1 Å². The number of nitriles is 1. The number of aryl methyl sites for hydroxylation is 2. The topological polar surface area (TPSA) is 115 Å². The van der Waals surface area contributed by atoms with Crippen molar-refractivity contribution in [3.63, 3.8) is 0 Å². The fourth-order valence-electron chi connectivity index (χ4n) is 3.56. The Morgan fingerprint density at radius 3 is 2.49 bits per heavy atom. The van der Waals surface area contributed by atoms with Crippen molar-refractivity contribution in [2.45, 2.75) is 6.04 Å². The zero-order chi connectivity index (χ0) is 24.9. The van der Waals surface area contributed by atoms with E-state index in [4.69, 9.17) is 22.6 Å². The lowest BCUT2D eigenvalue weighted by Gasteiger charge is -2.15. The third kappa shape index (κ3) is 5.27. The first-order valence-corrected chi connectivity index (χ1v) is 11.1. The van der Waals surface area contributed by atoms with Gasteiger partial charge in [-0.3, -0.25) is 9.36 Å². The Labute approximate surface area is 206 Å². The van der Waals surface area contributed by atoms with E-state index in [1.807, 2.05) is 42.1 Å². The number of nitrogens with zero attached hydrogens (tertiary/aromatic N) is 6. The Morgan fingerprint density at radius 1 is 1.09 bits per heavy atom. The molecule has 0 saturated carbocycles. The van der Waals surface area contributed by atoms with Crippen LogP contribution >= 0.6 is 11.6 Å². The number of nitrogens with two attached hydrogens (primary N) is 1. The minimum Gasteiger partial charge on any atom is -0.341 e. The van der Waals surface area contributed by atoms with Gasteiger partial charge in [0.2, 0.25) is 0 Å². The second-order valence-corrected chi connectivity index (χ2v) is 8.31. The van der Waals surface area contributed by atoms with Gasteiger partial charge < -0.3 is 10.3 Å². The van der Waals surface area contributed by atoms with Crippen molar-refractivity contribution in [3.8, 4) is 17.3 Å². The number of hydrogen-bond donors (Lipinski definition) is 1. The zero-order valence-electron chi connectivity index (χ0n) is 19.1. The summed E-state index contributed by atoms with van der Waals surface area (Å²) in [4.78, 5) is 25.1. The molecule has 8 nitrogen and oxygen atoms in total. The van der Waals surface area contributed by atoms with Crippen LogP contribution in [0.3, 0.4) is 0 Å². The average Bonchev–Trinajstić information content (AvgIpc) is 3.37. The standard InChI is InChI=1S/C22H16ClN5O.C4H6N2/c1-28-20(29)10-17(19-4-2-3-16(11-24)27-19)18-9-14(12-26-22(18)28)21(25)13-5-7-15(23)8-6-13;1-6-3-2-5-4-6/h2-10,12,21H,25H2,1H3;2-4H,1H3. The quantitative estimate of drug-likeness (QED) is 0.415. The molecule has 0 amide bonds. The first-order chi connectivity index (χ1) is 16.9. The summed E-state index contributed by atoms with van der Waals surface area (Å²) in [5.74, 6) is 0. The van der Waals surface area contributed by atoms with Crippen LogP contribution in [0.1, 0.15) is 22.9 Å². The molecule has 1 unspecified atom stereocenters. The molecule has 35 heavy (non-hydrogen) atoms. The highest BCUT2D eigenvalue weighted by Crippen LogP contribution is 2.29. The minimum atomic E-state index is -0.410. The molecule has 0 fully saturated rings. The molecule has 2 N–H and O–H groups in total. The summed E-state index contributed by atoms with van der Waals surface area (Å²) >= 11 is 5.97. The van der Waals surface area contributed by atoms with Crippen molar-refractivity contribution in [2.75, 3.05) is 0 Å². The molecule has 0 bridgehead atoms. The number of aromatic nitrogens is 5. The van der Waals surface area contributed by atoms with E-state index in [9.17, 15) is 4.79 Å². The molecule has 1 aromatic carbocycles. The van der Waals surface area contributed by atoms with Gasteiger partial charge in [0.25, 0.3) is 5.56 Å². The molecule has 174 valence electrons. The van der Waals surface area contributed by atoms with Gasteiger partial charge in [-0.25, -0.2) is 15.0 Å². The molecule has 1 atom stereocenters. The molecule has 4 aromatic heterocycles. The fourth-order valence-corrected chi connectivity index (χ4v) is 3.68. The molecule has 0 spiro atoms. The first kappa shape index (κ1) is 23.8. The number of rotatable bonds is 3. The van der Waals surface area contributed by atoms with Gasteiger partial charge in [-0.05, 0) is 41.5 Å². The average molecular weight is 484 g/mol. The van der Waals surface area contributed by atoms with E-state index in [-0.39, 0.29) is 11.3 Å². The van der Waals surface area contributed by atoms with Gasteiger partial charge in [-0.1, -0.05) is 29.8 Å². The summed E-state index contributed by atoms with van der Waals surface area (Å²) in [6.07, 6.45) is 7.06. The van der Waals surface area contributed by atoms with Crippen LogP contribution in [0.25, 0.3) is 22.3 Å². The zero-order valence-corrected chi connectivity index (χ0v) is 19.9. The van der Waals surface area contributed by atoms with Crippen LogP contribution in [-0.4, -0.2) is 24.1 Å². The number of benzene rings is 1. The molecule has 5 rings (SSSR count). The monoisotopic (exact) mass is 483 g/mol. The maximum absolute atomic E-state index is 12.4. The normalized spacial score (nSPS) is 11.4. The summed E-state index contributed by atoms with van der Waals surface area (Å²) < 4.78 is 3.37. The summed E-state index contributed by atoms with van der Waals surface area (Å²) in [6, 6.07) is 17.5. The van der Waals surface area contributed by atoms with Gasteiger partial charge in [0.1, 0.15) is 17.4 Å². The van der Waals surface area contributed by atoms with Gasteiger partial charge in [0, 0.05) is 54.7 Å². The molecule has 0 saturated heterocycles. The Bertz CT molecular complexity index is 1570. The van der Waals surface area contributed by atoms with Crippen molar-refractivity contribution >= 4 is 22.6 Å². The molecule has 4 heterocycles. The third-order valence-electron chi connectivity index (χ3n) is 5.46. The van der Waals surface area contributed by atoms with Crippen LogP contribution in [-0.2, 0) is 14.1 Å². The van der Waals surface area contributed by atoms with Gasteiger partial charge in [0.15, 0.2) is 0 Å². The van der Waals surface area contributed by atoms with E-state index in [1.165, 1.54) is 10.6 Å². The highest BCUT2D eigenvalue weighted by molar-refractivity contribution is 6.30. The molecule has 5 aromatic rings. The number of imidazole rings is 1. The van der Waals surface area contributed by atoms with Crippen LogP contribution in [0.2, 0.25) is 5.02 Å². The number of hydrogen-bond acceptors (Lipinski definition) is 6. The largest absolute Gasteiger partial charge is 0.341 e. The lowest BCUT2D eigenvalue weighted by Crippen LogP contribution is -2.18. The molecule has 0 aliphatic heterocycles. The van der Waals surface area contributed by atoms with E-state index in [1.54, 1.807) is 56.1 Å². The van der Waals surface area contributed by atoms with E-state index >= 15 is 0 Å².